The van der Waals surface area contributed by atoms with Gasteiger partial charge in [0.25, 0.3) is 10.0 Å². The number of sulfonamides is 1. The first-order chi connectivity index (χ1) is 17.1. The van der Waals surface area contributed by atoms with Crippen LogP contribution in [-0.2, 0) is 27.8 Å². The van der Waals surface area contributed by atoms with E-state index in [1.807, 2.05) is 19.1 Å². The molecule has 0 saturated carbocycles. The Hall–Kier alpha value is -2.36. The zero-order valence-electron chi connectivity index (χ0n) is 20.4. The van der Waals surface area contributed by atoms with Gasteiger partial charge in [0.15, 0.2) is 0 Å². The van der Waals surface area contributed by atoms with Crippen LogP contribution in [0.15, 0.2) is 68.4 Å². The summed E-state index contributed by atoms with van der Waals surface area (Å²) < 4.78 is 36.1. The number of fused-ring (bicyclic) bond motifs is 1. The number of anilines is 1. The third-order valence-electron chi connectivity index (χ3n) is 6.40. The van der Waals surface area contributed by atoms with Crippen LogP contribution >= 0.6 is 31.9 Å². The second-order valence-corrected chi connectivity index (χ2v) is 12.4. The predicted octanol–water partition coefficient (Wildman–Crippen LogP) is 6.01. The molecule has 0 spiro atoms. The van der Waals surface area contributed by atoms with Crippen LogP contribution in [0.25, 0.3) is 0 Å². The Kier molecular flexibility index (Phi) is 8.12. The fourth-order valence-corrected chi connectivity index (χ4v) is 6.92. The maximum Gasteiger partial charge on any atom is 0.264 e. The van der Waals surface area contributed by atoms with Gasteiger partial charge in [0.05, 0.1) is 17.7 Å². The third kappa shape index (κ3) is 5.63. The van der Waals surface area contributed by atoms with Crippen molar-refractivity contribution in [1.29, 1.82) is 0 Å². The molecule has 1 aliphatic rings. The second kappa shape index (κ2) is 10.9. The molecule has 0 N–H and O–H groups in total. The summed E-state index contributed by atoms with van der Waals surface area (Å²) in [6.45, 7) is 4.86. The number of nitrogens with zero attached hydrogens (tertiary/aromatic N) is 2. The van der Waals surface area contributed by atoms with E-state index in [0.29, 0.717) is 30.1 Å². The minimum atomic E-state index is -3.90. The number of ether oxygens (including phenoxy) is 1. The molecule has 0 aromatic heterocycles. The van der Waals surface area contributed by atoms with E-state index in [2.05, 4.69) is 37.9 Å². The molecular weight excluding hydrogens is 608 g/mol. The van der Waals surface area contributed by atoms with Crippen molar-refractivity contribution in [3.8, 4) is 5.75 Å². The average Bonchev–Trinajstić information content (AvgIpc) is 2.84. The third-order valence-corrected chi connectivity index (χ3v) is 10.2. The molecule has 36 heavy (non-hydrogen) atoms. The van der Waals surface area contributed by atoms with Crippen molar-refractivity contribution < 1.29 is 17.9 Å². The molecule has 0 atom stereocenters. The highest BCUT2D eigenvalue weighted by Crippen LogP contribution is 2.31. The molecule has 0 saturated heterocycles. The van der Waals surface area contributed by atoms with E-state index in [-0.39, 0.29) is 23.8 Å². The lowest BCUT2D eigenvalue weighted by molar-refractivity contribution is -0.131. The maximum atomic E-state index is 13.8. The quantitative estimate of drug-likeness (QED) is 0.319. The molecule has 1 aliphatic heterocycles. The maximum absolute atomic E-state index is 13.8. The van der Waals surface area contributed by atoms with Crippen LogP contribution in [0, 0.1) is 13.8 Å². The van der Waals surface area contributed by atoms with Crippen LogP contribution in [0.3, 0.4) is 0 Å². The van der Waals surface area contributed by atoms with Gasteiger partial charge in [-0.25, -0.2) is 8.42 Å². The molecule has 3 aromatic rings. The Morgan fingerprint density at radius 2 is 1.67 bits per heavy atom. The molecule has 6 nitrogen and oxygen atoms in total. The Bertz CT molecular complexity index is 1390. The Labute approximate surface area is 229 Å². The van der Waals surface area contributed by atoms with E-state index in [1.54, 1.807) is 55.3 Å². The van der Waals surface area contributed by atoms with Gasteiger partial charge >= 0.3 is 0 Å². The van der Waals surface area contributed by atoms with Gasteiger partial charge in [-0.3, -0.25) is 9.10 Å². The number of benzene rings is 3. The fourth-order valence-electron chi connectivity index (χ4n) is 4.46. The number of rotatable bonds is 7. The lowest BCUT2D eigenvalue weighted by atomic mass is 10.00. The van der Waals surface area contributed by atoms with Crippen molar-refractivity contribution in [2.45, 2.75) is 38.1 Å². The van der Waals surface area contributed by atoms with Crippen molar-refractivity contribution in [3.05, 3.63) is 85.8 Å². The molecule has 0 unspecified atom stereocenters. The van der Waals surface area contributed by atoms with Gasteiger partial charge in [-0.15, -0.1) is 0 Å². The van der Waals surface area contributed by atoms with Crippen LogP contribution in [0.4, 0.5) is 5.69 Å². The van der Waals surface area contributed by atoms with Crippen LogP contribution in [-0.4, -0.2) is 39.4 Å². The van der Waals surface area contributed by atoms with Gasteiger partial charge in [0, 0.05) is 35.0 Å². The molecular formula is C27H28Br2N2O4S. The lowest BCUT2D eigenvalue weighted by Gasteiger charge is -2.31. The highest BCUT2D eigenvalue weighted by Gasteiger charge is 2.29. The molecule has 0 fully saturated rings. The minimum Gasteiger partial charge on any atom is -0.497 e. The standard InChI is InChI=1S/C27H28Br2N2O4S/c1-18-4-9-26(19(2)14-18)36(33,34)31(22-5-7-23(35-3)8-6-22)13-11-27(32)30-12-10-20-15-24(28)25(29)16-21(20)17-30/h4-9,14-16H,10-13,17H2,1-3H3. The number of carbonyl (C=O) groups is 1. The zero-order chi connectivity index (χ0) is 26.0. The van der Waals surface area contributed by atoms with Crippen molar-refractivity contribution >= 4 is 53.5 Å². The number of hydrogen-bond donors (Lipinski definition) is 0. The highest BCUT2D eigenvalue weighted by molar-refractivity contribution is 9.13. The number of aryl methyl sites for hydroxylation is 2. The molecule has 0 bridgehead atoms. The largest absolute Gasteiger partial charge is 0.497 e. The first kappa shape index (κ1) is 26.7. The molecule has 4 rings (SSSR count). The summed E-state index contributed by atoms with van der Waals surface area (Å²) in [5.74, 6) is 0.553. The number of carbonyl (C=O) groups excluding carboxylic acids is 1. The summed E-state index contributed by atoms with van der Waals surface area (Å²) in [7, 11) is -2.33. The highest BCUT2D eigenvalue weighted by atomic mass is 79.9. The van der Waals surface area contributed by atoms with E-state index in [9.17, 15) is 13.2 Å². The second-order valence-electron chi connectivity index (χ2n) is 8.89. The molecule has 0 radical (unpaired) electrons. The van der Waals surface area contributed by atoms with Crippen molar-refractivity contribution in [3.63, 3.8) is 0 Å². The number of methoxy groups -OCH3 is 1. The van der Waals surface area contributed by atoms with Crippen molar-refractivity contribution in [2.24, 2.45) is 0 Å². The van der Waals surface area contributed by atoms with Gasteiger partial charge in [0.2, 0.25) is 5.91 Å². The van der Waals surface area contributed by atoms with E-state index in [4.69, 9.17) is 4.74 Å². The topological polar surface area (TPSA) is 66.9 Å². The van der Waals surface area contributed by atoms with Crippen molar-refractivity contribution in [2.75, 3.05) is 24.5 Å². The van der Waals surface area contributed by atoms with E-state index < -0.39 is 10.0 Å². The molecule has 0 aliphatic carbocycles. The summed E-state index contributed by atoms with van der Waals surface area (Å²) >= 11 is 7.08. The molecule has 190 valence electrons. The summed E-state index contributed by atoms with van der Waals surface area (Å²) in [5, 5.41) is 0. The zero-order valence-corrected chi connectivity index (χ0v) is 24.4. The van der Waals surface area contributed by atoms with Crippen LogP contribution in [0.2, 0.25) is 0 Å². The van der Waals surface area contributed by atoms with Gasteiger partial charge in [0.1, 0.15) is 5.75 Å². The summed E-state index contributed by atoms with van der Waals surface area (Å²) in [6.07, 6.45) is 0.833. The smallest absolute Gasteiger partial charge is 0.264 e. The average molecular weight is 636 g/mol. The molecule has 3 aromatic carbocycles. The predicted molar refractivity (Wildman–Crippen MR) is 149 cm³/mol. The number of hydrogen-bond acceptors (Lipinski definition) is 4. The number of halogens is 2. The van der Waals surface area contributed by atoms with Gasteiger partial charge in [-0.05, 0) is 111 Å². The van der Waals surface area contributed by atoms with Crippen molar-refractivity contribution in [1.82, 2.24) is 4.90 Å². The summed E-state index contributed by atoms with van der Waals surface area (Å²) in [5.41, 5.74) is 4.46. The minimum absolute atomic E-state index is 0.0359. The molecule has 9 heteroatoms. The first-order valence-electron chi connectivity index (χ1n) is 11.6. The van der Waals surface area contributed by atoms with E-state index in [1.165, 1.54) is 9.87 Å². The molecule has 1 heterocycles. The van der Waals surface area contributed by atoms with E-state index >= 15 is 0 Å². The summed E-state index contributed by atoms with van der Waals surface area (Å²) in [6, 6.07) is 16.3. The van der Waals surface area contributed by atoms with Gasteiger partial charge in [-0.2, -0.15) is 0 Å². The SMILES string of the molecule is COc1ccc(N(CCC(=O)N2CCc3cc(Br)c(Br)cc3C2)S(=O)(=O)c2ccc(C)cc2C)cc1. The van der Waals surface area contributed by atoms with Gasteiger partial charge < -0.3 is 9.64 Å². The van der Waals surface area contributed by atoms with Crippen LogP contribution in [0.5, 0.6) is 5.75 Å². The Balaban J connectivity index is 1.58. The summed E-state index contributed by atoms with van der Waals surface area (Å²) in [4.78, 5) is 15.3. The normalized spacial score (nSPS) is 13.3. The lowest BCUT2D eigenvalue weighted by Crippen LogP contribution is -2.39. The first-order valence-corrected chi connectivity index (χ1v) is 14.6. The van der Waals surface area contributed by atoms with E-state index in [0.717, 1.165) is 26.5 Å². The van der Waals surface area contributed by atoms with Crippen LogP contribution in [0.1, 0.15) is 28.7 Å². The number of amides is 1. The fraction of sp³-hybridized carbons (Fsp3) is 0.296. The Morgan fingerprint density at radius 1 is 1.00 bits per heavy atom. The monoisotopic (exact) mass is 634 g/mol. The van der Waals surface area contributed by atoms with Gasteiger partial charge in [-0.1, -0.05) is 17.7 Å². The molecule has 1 amide bonds. The van der Waals surface area contributed by atoms with Crippen LogP contribution < -0.4 is 9.04 Å². The Morgan fingerprint density at radius 3 is 2.31 bits per heavy atom.